The number of rotatable bonds is 6. The van der Waals surface area contributed by atoms with Crippen molar-refractivity contribution in [3.05, 3.63) is 63.1 Å². The van der Waals surface area contributed by atoms with Gasteiger partial charge in [0.2, 0.25) is 0 Å². The molecule has 3 rings (SSSR count). The van der Waals surface area contributed by atoms with E-state index in [1.54, 1.807) is 37.3 Å². The molecule has 7 nitrogen and oxygen atoms in total. The average molecular weight is 480 g/mol. The van der Waals surface area contributed by atoms with Gasteiger partial charge in [0.1, 0.15) is 5.57 Å². The molecule has 2 aromatic carbocycles. The second-order valence-electron chi connectivity index (χ2n) is 5.88. The molecule has 1 heterocycles. The summed E-state index contributed by atoms with van der Waals surface area (Å²) in [6, 6.07) is 11.9. The molecular weight excluding hydrogens is 464 g/mol. The van der Waals surface area contributed by atoms with Gasteiger partial charge in [0.05, 0.1) is 21.8 Å². The largest absolute Gasteiger partial charge is 0.479 e. The highest BCUT2D eigenvalue weighted by molar-refractivity contribution is 9.10. The van der Waals surface area contributed by atoms with Crippen molar-refractivity contribution in [3.63, 3.8) is 0 Å². The second kappa shape index (κ2) is 9.11. The molecule has 1 N–H and O–H groups in total. The first-order valence-electron chi connectivity index (χ1n) is 8.60. The zero-order chi connectivity index (χ0) is 21.0. The summed E-state index contributed by atoms with van der Waals surface area (Å²) in [7, 11) is 0. The number of para-hydroxylation sites is 1. The number of carbonyl (C=O) groups excluding carboxylic acids is 3. The molecule has 0 unspecified atom stereocenters. The fourth-order valence-electron chi connectivity index (χ4n) is 2.62. The lowest BCUT2D eigenvalue weighted by atomic mass is 10.1. The fourth-order valence-corrected chi connectivity index (χ4v) is 3.61. The van der Waals surface area contributed by atoms with Crippen molar-refractivity contribution in [2.45, 2.75) is 6.92 Å². The molecule has 1 fully saturated rings. The lowest BCUT2D eigenvalue weighted by molar-refractivity contribution is -0.145. The van der Waals surface area contributed by atoms with Crippen molar-refractivity contribution >= 4 is 57.1 Å². The number of anilines is 1. The molecule has 1 aliphatic rings. The Morgan fingerprint density at radius 1 is 1.24 bits per heavy atom. The van der Waals surface area contributed by atoms with Gasteiger partial charge in [0, 0.05) is 0 Å². The predicted molar refractivity (Wildman–Crippen MR) is 111 cm³/mol. The molecule has 0 aromatic heterocycles. The van der Waals surface area contributed by atoms with E-state index in [4.69, 9.17) is 21.1 Å². The molecule has 1 aliphatic heterocycles. The molecule has 2 aromatic rings. The number of amides is 2. The van der Waals surface area contributed by atoms with Crippen LogP contribution in [0.2, 0.25) is 5.02 Å². The van der Waals surface area contributed by atoms with Crippen molar-refractivity contribution in [3.8, 4) is 5.75 Å². The molecule has 2 amide bonds. The van der Waals surface area contributed by atoms with Crippen molar-refractivity contribution in [1.29, 1.82) is 0 Å². The summed E-state index contributed by atoms with van der Waals surface area (Å²) in [5.41, 5.74) is 3.57. The van der Waals surface area contributed by atoms with Crippen LogP contribution < -0.4 is 15.2 Å². The van der Waals surface area contributed by atoms with Crippen molar-refractivity contribution in [2.24, 2.45) is 0 Å². The molecular formula is C20H16BrClN2O5. The van der Waals surface area contributed by atoms with Gasteiger partial charge >= 0.3 is 5.97 Å². The molecule has 0 bridgehead atoms. The van der Waals surface area contributed by atoms with E-state index in [0.29, 0.717) is 15.7 Å². The van der Waals surface area contributed by atoms with E-state index in [0.717, 1.165) is 0 Å². The summed E-state index contributed by atoms with van der Waals surface area (Å²) >= 11 is 9.57. The SMILES string of the molecule is CCOC(=O)COc1c(Cl)cc(C=C2C(=O)NN(c3ccccc3)C2=O)cc1Br. The van der Waals surface area contributed by atoms with Crippen LogP contribution in [0.4, 0.5) is 5.69 Å². The van der Waals surface area contributed by atoms with Gasteiger partial charge in [0.25, 0.3) is 11.8 Å². The number of hydrogen-bond acceptors (Lipinski definition) is 5. The van der Waals surface area contributed by atoms with Gasteiger partial charge < -0.3 is 9.47 Å². The number of benzene rings is 2. The Kier molecular flexibility index (Phi) is 6.56. The average Bonchev–Trinajstić information content (AvgIpc) is 2.96. The van der Waals surface area contributed by atoms with Crippen LogP contribution in [-0.4, -0.2) is 31.0 Å². The van der Waals surface area contributed by atoms with Crippen LogP contribution in [0.25, 0.3) is 6.08 Å². The normalized spacial score (nSPS) is 14.9. The highest BCUT2D eigenvalue weighted by atomic mass is 79.9. The molecule has 0 radical (unpaired) electrons. The number of carbonyl (C=O) groups is 3. The maximum Gasteiger partial charge on any atom is 0.344 e. The lowest BCUT2D eigenvalue weighted by Crippen LogP contribution is -2.35. The summed E-state index contributed by atoms with van der Waals surface area (Å²) in [6.07, 6.45) is 1.44. The van der Waals surface area contributed by atoms with Crippen LogP contribution in [0.5, 0.6) is 5.75 Å². The Morgan fingerprint density at radius 3 is 2.62 bits per heavy atom. The van der Waals surface area contributed by atoms with Crippen LogP contribution in [0.1, 0.15) is 12.5 Å². The van der Waals surface area contributed by atoms with E-state index in [1.807, 2.05) is 6.07 Å². The molecule has 150 valence electrons. The first-order valence-corrected chi connectivity index (χ1v) is 9.77. The minimum absolute atomic E-state index is 0.0305. The number of nitrogens with one attached hydrogen (secondary N) is 1. The van der Waals surface area contributed by atoms with Gasteiger partial charge in [-0.1, -0.05) is 29.8 Å². The molecule has 0 aliphatic carbocycles. The smallest absolute Gasteiger partial charge is 0.344 e. The van der Waals surface area contributed by atoms with E-state index in [9.17, 15) is 14.4 Å². The Hall–Kier alpha value is -2.84. The standard InChI is InChI=1S/C20H16BrClN2O5/c1-2-28-17(25)11-29-18-15(21)9-12(10-16(18)22)8-14-19(26)23-24(20(14)27)13-6-4-3-5-7-13/h3-10H,2,11H2,1H3,(H,23,26). The first kappa shape index (κ1) is 20.9. The van der Waals surface area contributed by atoms with Crippen LogP contribution in [-0.2, 0) is 19.1 Å². The van der Waals surface area contributed by atoms with Crippen molar-refractivity contribution in [2.75, 3.05) is 18.2 Å². The highest BCUT2D eigenvalue weighted by Gasteiger charge is 2.34. The van der Waals surface area contributed by atoms with Gasteiger partial charge in [0.15, 0.2) is 12.4 Å². The van der Waals surface area contributed by atoms with Crippen molar-refractivity contribution in [1.82, 2.24) is 5.43 Å². The first-order chi connectivity index (χ1) is 13.9. The predicted octanol–water partition coefficient (Wildman–Crippen LogP) is 3.51. The maximum absolute atomic E-state index is 12.7. The van der Waals surface area contributed by atoms with E-state index in [2.05, 4.69) is 21.4 Å². The third-order valence-corrected chi connectivity index (χ3v) is 4.75. The van der Waals surface area contributed by atoms with Gasteiger partial charge in [-0.25, -0.2) is 9.80 Å². The van der Waals surface area contributed by atoms with Gasteiger partial charge in [-0.15, -0.1) is 0 Å². The summed E-state index contributed by atoms with van der Waals surface area (Å²) in [5, 5.41) is 1.39. The Bertz CT molecular complexity index is 971. The zero-order valence-corrected chi connectivity index (χ0v) is 17.6. The van der Waals surface area contributed by atoms with Gasteiger partial charge in [-0.2, -0.15) is 0 Å². The summed E-state index contributed by atoms with van der Waals surface area (Å²) in [4.78, 5) is 36.4. The molecule has 0 saturated carbocycles. The van der Waals surface area contributed by atoms with Gasteiger partial charge in [-0.05, 0) is 58.8 Å². The summed E-state index contributed by atoms with van der Waals surface area (Å²) in [6.45, 7) is 1.65. The minimum Gasteiger partial charge on any atom is -0.479 e. The van der Waals surface area contributed by atoms with Crippen molar-refractivity contribution < 1.29 is 23.9 Å². The molecule has 1 saturated heterocycles. The third kappa shape index (κ3) is 4.78. The molecule has 0 spiro atoms. The third-order valence-electron chi connectivity index (χ3n) is 3.88. The number of ether oxygens (including phenoxy) is 2. The minimum atomic E-state index is -0.520. The Balaban J connectivity index is 1.82. The second-order valence-corrected chi connectivity index (χ2v) is 7.14. The van der Waals surface area contributed by atoms with Crippen LogP contribution in [0.15, 0.2) is 52.5 Å². The maximum atomic E-state index is 12.7. The number of esters is 1. The fraction of sp³-hybridized carbons (Fsp3) is 0.150. The van der Waals surface area contributed by atoms with Gasteiger partial charge in [-0.3, -0.25) is 15.0 Å². The number of nitrogens with zero attached hydrogens (tertiary/aromatic N) is 1. The number of hydrogen-bond donors (Lipinski definition) is 1. The lowest BCUT2D eigenvalue weighted by Gasteiger charge is -2.14. The monoisotopic (exact) mass is 478 g/mol. The van der Waals surface area contributed by atoms with Crippen LogP contribution in [0.3, 0.4) is 0 Å². The van der Waals surface area contributed by atoms with Crippen LogP contribution >= 0.6 is 27.5 Å². The Morgan fingerprint density at radius 2 is 1.97 bits per heavy atom. The number of halogens is 2. The van der Waals surface area contributed by atoms with E-state index >= 15 is 0 Å². The van der Waals surface area contributed by atoms with E-state index in [-0.39, 0.29) is 29.6 Å². The number of hydrazine groups is 1. The highest BCUT2D eigenvalue weighted by Crippen LogP contribution is 2.35. The molecule has 9 heteroatoms. The zero-order valence-electron chi connectivity index (χ0n) is 15.3. The topological polar surface area (TPSA) is 84.9 Å². The summed E-state index contributed by atoms with van der Waals surface area (Å²) in [5.74, 6) is -1.25. The summed E-state index contributed by atoms with van der Waals surface area (Å²) < 4.78 is 10.7. The molecule has 29 heavy (non-hydrogen) atoms. The van der Waals surface area contributed by atoms with E-state index in [1.165, 1.54) is 17.2 Å². The molecule has 0 atom stereocenters. The Labute approximate surface area is 180 Å². The quantitative estimate of drug-likeness (QED) is 0.389. The van der Waals surface area contributed by atoms with E-state index < -0.39 is 17.8 Å². The van der Waals surface area contributed by atoms with Crippen LogP contribution in [0, 0.1) is 0 Å².